The number of likely N-dealkylation sites (tertiary alicyclic amines) is 1. The van der Waals surface area contributed by atoms with Gasteiger partial charge < -0.3 is 4.90 Å². The van der Waals surface area contributed by atoms with Crippen LogP contribution in [0.3, 0.4) is 0 Å². The zero-order valence-electron chi connectivity index (χ0n) is 19.5. The largest absolute Gasteiger partial charge is 0.303 e. The highest BCUT2D eigenvalue weighted by Crippen LogP contribution is 2.24. The third-order valence-electron chi connectivity index (χ3n) is 6.15. The molecule has 33 heavy (non-hydrogen) atoms. The van der Waals surface area contributed by atoms with E-state index in [0.717, 1.165) is 49.4 Å². The highest BCUT2D eigenvalue weighted by Gasteiger charge is 2.23. The number of halogens is 1. The third kappa shape index (κ3) is 6.45. The lowest BCUT2D eigenvalue weighted by Crippen LogP contribution is -2.37. The smallest absolute Gasteiger partial charge is 0.250 e. The number of benzene rings is 1. The van der Waals surface area contributed by atoms with E-state index in [-0.39, 0.29) is 5.83 Å². The van der Waals surface area contributed by atoms with Crippen LogP contribution in [0.1, 0.15) is 43.6 Å². The lowest BCUT2D eigenvalue weighted by molar-refractivity contribution is 0.175. The molecule has 0 saturated carbocycles. The van der Waals surface area contributed by atoms with Gasteiger partial charge in [-0.25, -0.2) is 19.0 Å². The molecule has 1 fully saturated rings. The summed E-state index contributed by atoms with van der Waals surface area (Å²) in [5, 5.41) is 4.78. The van der Waals surface area contributed by atoms with Crippen LogP contribution in [-0.2, 0) is 12.8 Å². The van der Waals surface area contributed by atoms with E-state index in [0.29, 0.717) is 11.9 Å². The molecule has 1 aliphatic heterocycles. The summed E-state index contributed by atoms with van der Waals surface area (Å²) in [6, 6.07) is 14.6. The van der Waals surface area contributed by atoms with Gasteiger partial charge >= 0.3 is 0 Å². The number of hydrogen-bond donors (Lipinski definition) is 0. The second kappa shape index (κ2) is 11.1. The first-order valence-electron chi connectivity index (χ1n) is 11.7. The fourth-order valence-electron chi connectivity index (χ4n) is 4.41. The Morgan fingerprint density at radius 1 is 1.09 bits per heavy atom. The summed E-state index contributed by atoms with van der Waals surface area (Å²) in [6.45, 7) is 6.73. The van der Waals surface area contributed by atoms with Crippen LogP contribution in [0.25, 0.3) is 11.5 Å². The molecule has 0 bridgehead atoms. The Morgan fingerprint density at radius 3 is 2.64 bits per heavy atom. The fourth-order valence-corrected chi connectivity index (χ4v) is 4.41. The Morgan fingerprint density at radius 2 is 1.88 bits per heavy atom. The van der Waals surface area contributed by atoms with Crippen molar-refractivity contribution >= 4 is 5.57 Å². The Balaban J connectivity index is 1.50. The molecule has 172 valence electrons. The average molecular weight is 446 g/mol. The molecular weight excluding hydrogens is 413 g/mol. The fraction of sp³-hybridized carbons (Fsp3) is 0.370. The summed E-state index contributed by atoms with van der Waals surface area (Å²) in [5.41, 5.74) is 4.23. The summed E-state index contributed by atoms with van der Waals surface area (Å²) in [4.78, 5) is 11.4. The predicted molar refractivity (Wildman–Crippen MR) is 131 cm³/mol. The SMILES string of the molecule is CC(F)=CC=C(C)c1cc(CC2CCCN(CCc3ccccc3)C2)n(-c2ncccn2)n1. The van der Waals surface area contributed by atoms with Gasteiger partial charge in [0.15, 0.2) is 0 Å². The molecule has 1 unspecified atom stereocenters. The van der Waals surface area contributed by atoms with Crippen molar-refractivity contribution in [2.75, 3.05) is 19.6 Å². The van der Waals surface area contributed by atoms with Crippen LogP contribution in [-0.4, -0.2) is 44.3 Å². The summed E-state index contributed by atoms with van der Waals surface area (Å²) >= 11 is 0. The van der Waals surface area contributed by atoms with Crippen molar-refractivity contribution in [2.45, 2.75) is 39.5 Å². The van der Waals surface area contributed by atoms with Crippen LogP contribution in [0.4, 0.5) is 4.39 Å². The molecule has 0 spiro atoms. The minimum Gasteiger partial charge on any atom is -0.303 e. The van der Waals surface area contributed by atoms with Gasteiger partial charge in [0.1, 0.15) is 0 Å². The van der Waals surface area contributed by atoms with E-state index in [2.05, 4.69) is 51.3 Å². The molecule has 0 amide bonds. The number of nitrogens with zero attached hydrogens (tertiary/aromatic N) is 5. The Hall–Kier alpha value is -3.12. The maximum atomic E-state index is 13.2. The van der Waals surface area contributed by atoms with Gasteiger partial charge in [0, 0.05) is 31.2 Å². The van der Waals surface area contributed by atoms with Crippen molar-refractivity contribution in [1.82, 2.24) is 24.6 Å². The molecule has 3 aromatic rings. The van der Waals surface area contributed by atoms with Crippen molar-refractivity contribution < 1.29 is 4.39 Å². The minimum atomic E-state index is -0.224. The van der Waals surface area contributed by atoms with Crippen molar-refractivity contribution in [2.24, 2.45) is 5.92 Å². The van der Waals surface area contributed by atoms with Crippen LogP contribution in [0.15, 0.2) is 72.8 Å². The number of allylic oxidation sites excluding steroid dienone is 4. The van der Waals surface area contributed by atoms with Crippen molar-refractivity contribution in [3.63, 3.8) is 0 Å². The molecule has 0 radical (unpaired) electrons. The van der Waals surface area contributed by atoms with Gasteiger partial charge in [-0.05, 0) is 81.3 Å². The molecule has 1 atom stereocenters. The predicted octanol–water partition coefficient (Wildman–Crippen LogP) is 5.44. The Labute approximate surface area is 195 Å². The number of piperidine rings is 1. The molecule has 0 N–H and O–H groups in total. The molecule has 5 nitrogen and oxygen atoms in total. The van der Waals surface area contributed by atoms with Gasteiger partial charge in [0.25, 0.3) is 5.95 Å². The molecule has 3 heterocycles. The minimum absolute atomic E-state index is 0.224. The first-order chi connectivity index (χ1) is 16.1. The van der Waals surface area contributed by atoms with E-state index in [4.69, 9.17) is 5.10 Å². The zero-order valence-corrected chi connectivity index (χ0v) is 19.5. The molecule has 1 aliphatic rings. The van der Waals surface area contributed by atoms with Crippen LogP contribution in [0, 0.1) is 5.92 Å². The molecule has 1 aromatic carbocycles. The van der Waals surface area contributed by atoms with Gasteiger partial charge in [-0.1, -0.05) is 36.4 Å². The second-order valence-electron chi connectivity index (χ2n) is 8.83. The average Bonchev–Trinajstić information content (AvgIpc) is 3.26. The van der Waals surface area contributed by atoms with Crippen molar-refractivity contribution in [1.29, 1.82) is 0 Å². The first kappa shape index (κ1) is 23.1. The quantitative estimate of drug-likeness (QED) is 0.434. The maximum absolute atomic E-state index is 13.2. The van der Waals surface area contributed by atoms with Gasteiger partial charge in [-0.15, -0.1) is 0 Å². The van der Waals surface area contributed by atoms with Crippen LogP contribution >= 0.6 is 0 Å². The number of hydrogen-bond acceptors (Lipinski definition) is 4. The molecule has 0 aliphatic carbocycles. The van der Waals surface area contributed by atoms with E-state index >= 15 is 0 Å². The lowest BCUT2D eigenvalue weighted by atomic mass is 9.93. The standard InChI is InChI=1S/C27H32FN5/c1-21(11-12-22(2)28)26-19-25(33(31-26)27-29-14-7-15-30-27)18-24-10-6-16-32(20-24)17-13-23-8-4-3-5-9-23/h3-5,7-9,11-12,14-15,19,24H,6,10,13,16-18,20H2,1-2H3. The summed E-state index contributed by atoms with van der Waals surface area (Å²) in [5.74, 6) is 0.900. The van der Waals surface area contributed by atoms with Crippen LogP contribution < -0.4 is 0 Å². The highest BCUT2D eigenvalue weighted by atomic mass is 19.1. The van der Waals surface area contributed by atoms with Crippen LogP contribution in [0.2, 0.25) is 0 Å². The van der Waals surface area contributed by atoms with E-state index in [1.807, 2.05) is 11.6 Å². The summed E-state index contributed by atoms with van der Waals surface area (Å²) in [7, 11) is 0. The van der Waals surface area contributed by atoms with E-state index in [1.165, 1.54) is 31.4 Å². The normalized spacial score (nSPS) is 18.0. The summed E-state index contributed by atoms with van der Waals surface area (Å²) in [6.07, 6.45) is 11.1. The Kier molecular flexibility index (Phi) is 7.79. The topological polar surface area (TPSA) is 46.8 Å². The van der Waals surface area contributed by atoms with Gasteiger partial charge in [-0.3, -0.25) is 0 Å². The highest BCUT2D eigenvalue weighted by molar-refractivity contribution is 5.62. The van der Waals surface area contributed by atoms with Gasteiger partial charge in [0.2, 0.25) is 0 Å². The lowest BCUT2D eigenvalue weighted by Gasteiger charge is -2.32. The number of rotatable bonds is 8. The molecule has 6 heteroatoms. The van der Waals surface area contributed by atoms with E-state index in [1.54, 1.807) is 24.5 Å². The zero-order chi connectivity index (χ0) is 23.0. The molecule has 4 rings (SSSR count). The van der Waals surface area contributed by atoms with Gasteiger partial charge in [0.05, 0.1) is 11.5 Å². The maximum Gasteiger partial charge on any atom is 0.250 e. The third-order valence-corrected chi connectivity index (χ3v) is 6.15. The first-order valence-corrected chi connectivity index (χ1v) is 11.7. The van der Waals surface area contributed by atoms with E-state index in [9.17, 15) is 4.39 Å². The van der Waals surface area contributed by atoms with Gasteiger partial charge in [-0.2, -0.15) is 5.10 Å². The molecule has 1 saturated heterocycles. The monoisotopic (exact) mass is 445 g/mol. The van der Waals surface area contributed by atoms with E-state index < -0.39 is 0 Å². The van der Waals surface area contributed by atoms with Crippen LogP contribution in [0.5, 0.6) is 0 Å². The second-order valence-corrected chi connectivity index (χ2v) is 8.83. The van der Waals surface area contributed by atoms with Crippen molar-refractivity contribution in [3.8, 4) is 5.95 Å². The number of aromatic nitrogens is 4. The Bertz CT molecular complexity index is 1080. The molecular formula is C27H32FN5. The molecule has 2 aromatic heterocycles. The van der Waals surface area contributed by atoms with Crippen molar-refractivity contribution in [3.05, 3.63) is 89.8 Å². The summed E-state index contributed by atoms with van der Waals surface area (Å²) < 4.78 is 15.1.